The van der Waals surface area contributed by atoms with Crippen LogP contribution in [0.1, 0.15) is 18.1 Å². The summed E-state index contributed by atoms with van der Waals surface area (Å²) >= 11 is 0. The van der Waals surface area contributed by atoms with Gasteiger partial charge in [0.1, 0.15) is 5.75 Å². The fourth-order valence-electron chi connectivity index (χ4n) is 2.44. The van der Waals surface area contributed by atoms with Gasteiger partial charge in [0.25, 0.3) is 0 Å². The average Bonchev–Trinajstić information content (AvgIpc) is 2.37. The van der Waals surface area contributed by atoms with Crippen molar-refractivity contribution in [3.05, 3.63) is 29.3 Å². The van der Waals surface area contributed by atoms with E-state index in [4.69, 9.17) is 9.47 Å². The summed E-state index contributed by atoms with van der Waals surface area (Å²) in [5.41, 5.74) is 2.05. The lowest BCUT2D eigenvalue weighted by molar-refractivity contribution is -0.152. The normalized spacial score (nSPS) is 22.2. The molecule has 0 amide bonds. The van der Waals surface area contributed by atoms with Gasteiger partial charge in [-0.2, -0.15) is 0 Å². The number of carbonyl (C=O) groups excluding carboxylic acids is 1. The molecule has 4 nitrogen and oxygen atoms in total. The third kappa shape index (κ3) is 2.34. The zero-order chi connectivity index (χ0) is 13.1. The molecule has 0 aromatic heterocycles. The van der Waals surface area contributed by atoms with Crippen molar-refractivity contribution < 1.29 is 19.4 Å². The molecule has 1 aromatic carbocycles. The van der Waals surface area contributed by atoms with Gasteiger partial charge in [-0.3, -0.25) is 4.79 Å². The van der Waals surface area contributed by atoms with Gasteiger partial charge < -0.3 is 14.6 Å². The van der Waals surface area contributed by atoms with Crippen molar-refractivity contribution in [2.24, 2.45) is 5.92 Å². The van der Waals surface area contributed by atoms with Crippen LogP contribution in [0.5, 0.6) is 5.75 Å². The summed E-state index contributed by atoms with van der Waals surface area (Å²) in [6, 6.07) is 5.73. The predicted molar refractivity (Wildman–Crippen MR) is 66.5 cm³/mol. The first-order valence-corrected chi connectivity index (χ1v) is 6.16. The first-order valence-electron chi connectivity index (χ1n) is 6.16. The number of benzene rings is 1. The van der Waals surface area contributed by atoms with Crippen LogP contribution in [-0.4, -0.2) is 30.9 Å². The minimum atomic E-state index is -0.677. The monoisotopic (exact) mass is 250 g/mol. The Balaban J connectivity index is 2.28. The van der Waals surface area contributed by atoms with E-state index in [2.05, 4.69) is 0 Å². The van der Waals surface area contributed by atoms with Crippen molar-refractivity contribution in [2.75, 3.05) is 13.7 Å². The van der Waals surface area contributed by atoms with Gasteiger partial charge in [-0.1, -0.05) is 12.1 Å². The van der Waals surface area contributed by atoms with Gasteiger partial charge in [0, 0.05) is 0 Å². The second kappa shape index (κ2) is 5.40. The quantitative estimate of drug-likeness (QED) is 0.822. The molecule has 0 saturated heterocycles. The maximum atomic E-state index is 11.8. The second-order valence-corrected chi connectivity index (χ2v) is 4.43. The van der Waals surface area contributed by atoms with Gasteiger partial charge in [0.05, 0.1) is 25.7 Å². The molecule has 1 aliphatic carbocycles. The third-order valence-corrected chi connectivity index (χ3v) is 3.36. The van der Waals surface area contributed by atoms with Crippen LogP contribution in [0.3, 0.4) is 0 Å². The van der Waals surface area contributed by atoms with Gasteiger partial charge in [-0.05, 0) is 37.0 Å². The van der Waals surface area contributed by atoms with Crippen LogP contribution >= 0.6 is 0 Å². The summed E-state index contributed by atoms with van der Waals surface area (Å²) in [5, 5.41) is 10.0. The smallest absolute Gasteiger partial charge is 0.311 e. The Bertz CT molecular complexity index is 441. The number of aliphatic hydroxyl groups is 1. The number of esters is 1. The number of methoxy groups -OCH3 is 1. The van der Waals surface area contributed by atoms with Crippen molar-refractivity contribution in [2.45, 2.75) is 25.9 Å². The van der Waals surface area contributed by atoms with Crippen LogP contribution in [0.4, 0.5) is 0 Å². The molecule has 18 heavy (non-hydrogen) atoms. The van der Waals surface area contributed by atoms with E-state index in [1.54, 1.807) is 14.0 Å². The van der Waals surface area contributed by atoms with E-state index in [0.29, 0.717) is 19.4 Å². The zero-order valence-corrected chi connectivity index (χ0v) is 10.7. The lowest BCUT2D eigenvalue weighted by Gasteiger charge is -2.29. The number of hydrogen-bond acceptors (Lipinski definition) is 4. The molecule has 0 bridgehead atoms. The molecule has 0 heterocycles. The van der Waals surface area contributed by atoms with Crippen LogP contribution in [0.2, 0.25) is 0 Å². The molecule has 0 aliphatic heterocycles. The molecule has 4 heteroatoms. The number of rotatable bonds is 3. The maximum absolute atomic E-state index is 11.8. The summed E-state index contributed by atoms with van der Waals surface area (Å²) < 4.78 is 10.3. The third-order valence-electron chi connectivity index (χ3n) is 3.36. The standard InChI is InChI=1S/C14H18O4/c1-3-18-14(16)11-8-10-9(7-12(11)15)5-4-6-13(10)17-2/h4-6,11-12,15H,3,7-8H2,1-2H3. The lowest BCUT2D eigenvalue weighted by Crippen LogP contribution is -2.37. The highest BCUT2D eigenvalue weighted by molar-refractivity contribution is 5.74. The predicted octanol–water partition coefficient (Wildman–Crippen LogP) is 1.33. The van der Waals surface area contributed by atoms with Crippen molar-refractivity contribution >= 4 is 5.97 Å². The lowest BCUT2D eigenvalue weighted by atomic mass is 9.81. The highest BCUT2D eigenvalue weighted by Crippen LogP contribution is 2.32. The van der Waals surface area contributed by atoms with Crippen LogP contribution in [0.25, 0.3) is 0 Å². The van der Waals surface area contributed by atoms with E-state index < -0.39 is 12.0 Å². The Morgan fingerprint density at radius 1 is 1.44 bits per heavy atom. The minimum Gasteiger partial charge on any atom is -0.496 e. The topological polar surface area (TPSA) is 55.8 Å². The fourth-order valence-corrected chi connectivity index (χ4v) is 2.44. The highest BCUT2D eigenvalue weighted by Gasteiger charge is 2.34. The van der Waals surface area contributed by atoms with E-state index in [1.807, 2.05) is 18.2 Å². The van der Waals surface area contributed by atoms with Gasteiger partial charge in [-0.15, -0.1) is 0 Å². The summed E-state index contributed by atoms with van der Waals surface area (Å²) in [6.07, 6.45) is 0.263. The van der Waals surface area contributed by atoms with E-state index in [-0.39, 0.29) is 5.97 Å². The first kappa shape index (κ1) is 12.9. The molecule has 2 unspecified atom stereocenters. The zero-order valence-electron chi connectivity index (χ0n) is 10.7. The maximum Gasteiger partial charge on any atom is 0.311 e. The molecule has 0 radical (unpaired) electrons. The van der Waals surface area contributed by atoms with Crippen molar-refractivity contribution in [3.8, 4) is 5.75 Å². The molecular formula is C14H18O4. The molecule has 2 rings (SSSR count). The van der Waals surface area contributed by atoms with E-state index in [9.17, 15) is 9.90 Å². The molecule has 0 spiro atoms. The van der Waals surface area contributed by atoms with Gasteiger partial charge in [0.2, 0.25) is 0 Å². The Hall–Kier alpha value is -1.55. The summed E-state index contributed by atoms with van der Waals surface area (Å²) in [4.78, 5) is 11.8. The number of ether oxygens (including phenoxy) is 2. The SMILES string of the molecule is CCOC(=O)C1Cc2c(cccc2OC)CC1O. The van der Waals surface area contributed by atoms with Gasteiger partial charge >= 0.3 is 5.97 Å². The fraction of sp³-hybridized carbons (Fsp3) is 0.500. The molecule has 98 valence electrons. The molecule has 1 aromatic rings. The molecule has 1 N–H and O–H groups in total. The highest BCUT2D eigenvalue weighted by atomic mass is 16.5. The Morgan fingerprint density at radius 3 is 2.89 bits per heavy atom. The Labute approximate surface area is 107 Å². The van der Waals surface area contributed by atoms with Crippen LogP contribution in [-0.2, 0) is 22.4 Å². The van der Waals surface area contributed by atoms with Crippen molar-refractivity contribution in [1.29, 1.82) is 0 Å². The summed E-state index contributed by atoms with van der Waals surface area (Å²) in [7, 11) is 1.61. The summed E-state index contributed by atoms with van der Waals surface area (Å²) in [5.74, 6) is -0.0518. The van der Waals surface area contributed by atoms with Crippen LogP contribution < -0.4 is 4.74 Å². The van der Waals surface area contributed by atoms with E-state index >= 15 is 0 Å². The molecular weight excluding hydrogens is 232 g/mol. The second-order valence-electron chi connectivity index (χ2n) is 4.43. The minimum absolute atomic E-state index is 0.332. The van der Waals surface area contributed by atoms with E-state index in [0.717, 1.165) is 16.9 Å². The number of aliphatic hydroxyl groups excluding tert-OH is 1. The summed E-state index contributed by atoms with van der Waals surface area (Å²) in [6.45, 7) is 2.10. The molecule has 1 aliphatic rings. The molecule has 2 atom stereocenters. The van der Waals surface area contributed by atoms with Crippen LogP contribution in [0.15, 0.2) is 18.2 Å². The number of fused-ring (bicyclic) bond motifs is 1. The molecule has 0 saturated carbocycles. The van der Waals surface area contributed by atoms with Gasteiger partial charge in [0.15, 0.2) is 0 Å². The largest absolute Gasteiger partial charge is 0.496 e. The number of carbonyl (C=O) groups is 1. The Morgan fingerprint density at radius 2 is 2.22 bits per heavy atom. The van der Waals surface area contributed by atoms with Crippen molar-refractivity contribution in [3.63, 3.8) is 0 Å². The van der Waals surface area contributed by atoms with Crippen molar-refractivity contribution in [1.82, 2.24) is 0 Å². The van der Waals surface area contributed by atoms with Crippen LogP contribution in [0, 0.1) is 5.92 Å². The number of hydrogen-bond donors (Lipinski definition) is 1. The van der Waals surface area contributed by atoms with E-state index in [1.165, 1.54) is 0 Å². The molecule has 0 fully saturated rings. The van der Waals surface area contributed by atoms with Gasteiger partial charge in [-0.25, -0.2) is 0 Å². The first-order chi connectivity index (χ1) is 8.67. The average molecular weight is 250 g/mol. The Kier molecular flexibility index (Phi) is 3.87.